The predicted octanol–water partition coefficient (Wildman–Crippen LogP) is 0.983. The summed E-state index contributed by atoms with van der Waals surface area (Å²) in [6, 6.07) is 8.76. The van der Waals surface area contributed by atoms with E-state index >= 15 is 0 Å². The number of halogens is 1. The molecule has 1 aromatic carbocycles. The third-order valence-corrected chi connectivity index (χ3v) is 4.68. The summed E-state index contributed by atoms with van der Waals surface area (Å²) < 4.78 is 12.8. The molecule has 1 saturated heterocycles. The largest absolute Gasteiger partial charge is 0.351 e. The zero-order chi connectivity index (χ0) is 20.1. The van der Waals surface area contributed by atoms with Gasteiger partial charge in [-0.3, -0.25) is 9.59 Å². The Bertz CT molecular complexity index is 819. The molecular formula is C19H25FN6O2. The van der Waals surface area contributed by atoms with Crippen LogP contribution in [0.3, 0.4) is 0 Å². The molecule has 0 saturated carbocycles. The van der Waals surface area contributed by atoms with Crippen molar-refractivity contribution in [3.8, 4) is 5.69 Å². The van der Waals surface area contributed by atoms with E-state index in [1.54, 1.807) is 6.92 Å². The summed E-state index contributed by atoms with van der Waals surface area (Å²) in [7, 11) is 0. The molecule has 1 aromatic heterocycles. The van der Waals surface area contributed by atoms with E-state index in [2.05, 4.69) is 15.5 Å². The Kier molecular flexibility index (Phi) is 6.35. The molecule has 0 unspecified atom stereocenters. The highest BCUT2D eigenvalue weighted by atomic mass is 19.1. The van der Waals surface area contributed by atoms with Gasteiger partial charge in [0.15, 0.2) is 5.69 Å². The van der Waals surface area contributed by atoms with Crippen molar-refractivity contribution in [3.05, 3.63) is 41.7 Å². The summed E-state index contributed by atoms with van der Waals surface area (Å²) in [5.41, 5.74) is 7.48. The average molecular weight is 388 g/mol. The number of nitrogens with two attached hydrogens (primary N) is 1. The molecule has 2 amide bonds. The first-order valence-electron chi connectivity index (χ1n) is 9.41. The predicted molar refractivity (Wildman–Crippen MR) is 102 cm³/mol. The molecule has 150 valence electrons. The normalized spacial score (nSPS) is 15.2. The van der Waals surface area contributed by atoms with Gasteiger partial charge in [0.2, 0.25) is 5.91 Å². The number of carbonyl (C=O) groups is 2. The highest BCUT2D eigenvalue weighted by Crippen LogP contribution is 2.14. The lowest BCUT2D eigenvalue weighted by Gasteiger charge is -2.36. The van der Waals surface area contributed by atoms with Crippen molar-refractivity contribution < 1.29 is 14.0 Å². The Morgan fingerprint density at radius 1 is 1.25 bits per heavy atom. The summed E-state index contributed by atoms with van der Waals surface area (Å²) in [5, 5.41) is 11.4. The van der Waals surface area contributed by atoms with Gasteiger partial charge in [-0.2, -0.15) is 9.90 Å². The Morgan fingerprint density at radius 3 is 2.64 bits per heavy atom. The van der Waals surface area contributed by atoms with Crippen LogP contribution in [0.5, 0.6) is 0 Å². The van der Waals surface area contributed by atoms with E-state index in [0.29, 0.717) is 31.5 Å². The summed E-state index contributed by atoms with van der Waals surface area (Å²) in [6.45, 7) is 2.48. The maximum atomic E-state index is 12.8. The molecule has 28 heavy (non-hydrogen) atoms. The molecule has 1 aliphatic heterocycles. The lowest BCUT2D eigenvalue weighted by molar-refractivity contribution is -0.139. The van der Waals surface area contributed by atoms with Crippen LogP contribution in [0.4, 0.5) is 4.39 Å². The number of nitrogens with one attached hydrogen (secondary N) is 1. The Labute approximate surface area is 162 Å². The molecule has 1 atom stereocenters. The summed E-state index contributed by atoms with van der Waals surface area (Å²) in [6.07, 6.45) is 0.959. The molecule has 0 spiro atoms. The van der Waals surface area contributed by atoms with Gasteiger partial charge >= 0.3 is 0 Å². The second-order valence-corrected chi connectivity index (χ2v) is 6.96. The maximum absolute atomic E-state index is 12.8. The van der Waals surface area contributed by atoms with Crippen LogP contribution in [-0.2, 0) is 4.79 Å². The smallest absolute Gasteiger partial charge is 0.273 e. The first-order valence-corrected chi connectivity index (χ1v) is 9.41. The van der Waals surface area contributed by atoms with Crippen molar-refractivity contribution in [1.29, 1.82) is 0 Å². The number of amides is 2. The van der Waals surface area contributed by atoms with Crippen LogP contribution in [0, 0.1) is 6.92 Å². The van der Waals surface area contributed by atoms with Crippen molar-refractivity contribution in [1.82, 2.24) is 25.2 Å². The van der Waals surface area contributed by atoms with Gasteiger partial charge < -0.3 is 16.0 Å². The van der Waals surface area contributed by atoms with Crippen molar-refractivity contribution >= 4 is 11.8 Å². The number of carbonyl (C=O) groups excluding carboxylic acids is 2. The third kappa shape index (κ3) is 4.72. The average Bonchev–Trinajstić information content (AvgIpc) is 3.07. The summed E-state index contributed by atoms with van der Waals surface area (Å²) in [5.74, 6) is -0.485. The van der Waals surface area contributed by atoms with E-state index in [1.807, 2.05) is 30.3 Å². The van der Waals surface area contributed by atoms with Crippen molar-refractivity contribution in [3.63, 3.8) is 0 Å². The molecule has 3 rings (SSSR count). The topological polar surface area (TPSA) is 106 Å². The van der Waals surface area contributed by atoms with Gasteiger partial charge in [0.25, 0.3) is 5.91 Å². The minimum absolute atomic E-state index is 0.144. The molecule has 2 aromatic rings. The Balaban J connectivity index is 1.40. The lowest BCUT2D eigenvalue weighted by Crippen LogP contribution is -2.56. The van der Waals surface area contributed by atoms with Crippen molar-refractivity contribution in [2.45, 2.75) is 38.4 Å². The number of hydrogen-bond donors (Lipinski definition) is 2. The van der Waals surface area contributed by atoms with Gasteiger partial charge in [-0.15, -0.1) is 5.10 Å². The molecule has 8 nitrogen and oxygen atoms in total. The number of rotatable bonds is 8. The minimum Gasteiger partial charge on any atom is -0.351 e. The SMILES string of the molecule is Cc1nn(-c2ccccc2)nc1C(=O)NCCCC[C@H](N)C(=O)N1CC(F)C1. The van der Waals surface area contributed by atoms with Gasteiger partial charge in [0.05, 0.1) is 30.5 Å². The van der Waals surface area contributed by atoms with E-state index in [1.165, 1.54) is 9.70 Å². The number of alkyl halides is 1. The van der Waals surface area contributed by atoms with E-state index in [0.717, 1.165) is 5.69 Å². The van der Waals surface area contributed by atoms with Crippen LogP contribution < -0.4 is 11.1 Å². The van der Waals surface area contributed by atoms with Crippen LogP contribution in [0.25, 0.3) is 5.69 Å². The van der Waals surface area contributed by atoms with E-state index < -0.39 is 12.2 Å². The fourth-order valence-electron chi connectivity index (χ4n) is 3.00. The van der Waals surface area contributed by atoms with Crippen molar-refractivity contribution in [2.75, 3.05) is 19.6 Å². The molecule has 0 bridgehead atoms. The maximum Gasteiger partial charge on any atom is 0.273 e. The standard InChI is InChI=1S/C19H25FN6O2/c1-13-17(24-26(23-13)15-7-3-2-4-8-15)18(27)22-10-6-5-9-16(21)19(28)25-11-14(20)12-25/h2-4,7-8,14,16H,5-6,9-12,21H2,1H3,(H,22,27)/t16-/m0/s1. The van der Waals surface area contributed by atoms with Gasteiger partial charge in [0.1, 0.15) is 6.17 Å². The Hall–Kier alpha value is -2.81. The number of aromatic nitrogens is 3. The molecular weight excluding hydrogens is 363 g/mol. The van der Waals surface area contributed by atoms with Gasteiger partial charge in [-0.1, -0.05) is 18.2 Å². The zero-order valence-corrected chi connectivity index (χ0v) is 15.8. The molecule has 9 heteroatoms. The van der Waals surface area contributed by atoms with E-state index in [9.17, 15) is 14.0 Å². The molecule has 2 heterocycles. The second-order valence-electron chi connectivity index (χ2n) is 6.96. The Morgan fingerprint density at radius 2 is 1.96 bits per heavy atom. The van der Waals surface area contributed by atoms with Gasteiger partial charge in [0, 0.05) is 6.54 Å². The molecule has 1 aliphatic rings. The second kappa shape index (κ2) is 8.92. The first-order chi connectivity index (χ1) is 13.5. The van der Waals surface area contributed by atoms with E-state index in [4.69, 9.17) is 5.73 Å². The number of para-hydroxylation sites is 1. The molecule has 3 N–H and O–H groups in total. The minimum atomic E-state index is -0.922. The molecule has 0 radical (unpaired) electrons. The number of benzene rings is 1. The fraction of sp³-hybridized carbons (Fsp3) is 0.474. The van der Waals surface area contributed by atoms with Gasteiger partial charge in [-0.05, 0) is 38.3 Å². The summed E-state index contributed by atoms with van der Waals surface area (Å²) in [4.78, 5) is 27.1. The first kappa shape index (κ1) is 19.9. The lowest BCUT2D eigenvalue weighted by atomic mass is 10.1. The molecule has 1 fully saturated rings. The van der Waals surface area contributed by atoms with Crippen LogP contribution >= 0.6 is 0 Å². The number of likely N-dealkylation sites (tertiary alicyclic amines) is 1. The zero-order valence-electron chi connectivity index (χ0n) is 15.8. The van der Waals surface area contributed by atoms with E-state index in [-0.39, 0.29) is 30.6 Å². The van der Waals surface area contributed by atoms with Crippen LogP contribution in [-0.4, -0.2) is 63.6 Å². The van der Waals surface area contributed by atoms with Gasteiger partial charge in [-0.25, -0.2) is 4.39 Å². The number of nitrogens with zero attached hydrogens (tertiary/aromatic N) is 4. The highest BCUT2D eigenvalue weighted by molar-refractivity contribution is 5.93. The highest BCUT2D eigenvalue weighted by Gasteiger charge is 2.32. The fourth-order valence-corrected chi connectivity index (χ4v) is 3.00. The third-order valence-electron chi connectivity index (χ3n) is 4.68. The summed E-state index contributed by atoms with van der Waals surface area (Å²) >= 11 is 0. The van der Waals surface area contributed by atoms with Crippen LogP contribution in [0.15, 0.2) is 30.3 Å². The number of hydrogen-bond acceptors (Lipinski definition) is 5. The van der Waals surface area contributed by atoms with Crippen LogP contribution in [0.2, 0.25) is 0 Å². The number of unbranched alkanes of at least 4 members (excludes halogenated alkanes) is 1. The van der Waals surface area contributed by atoms with Crippen LogP contribution in [0.1, 0.15) is 35.4 Å². The number of aryl methyl sites for hydroxylation is 1. The monoisotopic (exact) mass is 388 g/mol. The quantitative estimate of drug-likeness (QED) is 0.656. The van der Waals surface area contributed by atoms with Crippen molar-refractivity contribution in [2.24, 2.45) is 5.73 Å². The molecule has 0 aliphatic carbocycles.